The Morgan fingerprint density at radius 3 is 2.69 bits per heavy atom. The summed E-state index contributed by atoms with van der Waals surface area (Å²) in [6, 6.07) is 18.0. The van der Waals surface area contributed by atoms with E-state index in [1.54, 1.807) is 18.2 Å². The standard InChI is InChI=1S/C27H26N4O3S/c1-17-5-2-6-18(13-17)16-28-27(34)31-23(19-7-3-8-19)15-22(30-31)21-14-20(10-11-24(21)32)29-26(33)25-9-4-12-35-25/h2,4-6,9-15,19,32H,3,7-8,16H2,1H3,(H,28,34)(H,29,33). The van der Waals surface area contributed by atoms with Crippen molar-refractivity contribution in [3.8, 4) is 17.0 Å². The van der Waals surface area contributed by atoms with Gasteiger partial charge in [0.05, 0.1) is 16.3 Å². The third-order valence-corrected chi connectivity index (χ3v) is 7.12. The van der Waals surface area contributed by atoms with Crippen LogP contribution in [0.3, 0.4) is 0 Å². The number of carbonyl (C=O) groups excluding carboxylic acids is 2. The summed E-state index contributed by atoms with van der Waals surface area (Å²) in [5.41, 5.74) is 4.47. The van der Waals surface area contributed by atoms with Gasteiger partial charge < -0.3 is 15.7 Å². The SMILES string of the molecule is Cc1cccc(CNC(=O)n2nc(-c3cc(NC(=O)c4cccs4)ccc3O)cc2C2CCC2)c1. The van der Waals surface area contributed by atoms with Gasteiger partial charge in [-0.3, -0.25) is 4.79 Å². The summed E-state index contributed by atoms with van der Waals surface area (Å²) >= 11 is 1.36. The second-order valence-electron chi connectivity index (χ2n) is 8.81. The molecule has 2 aromatic heterocycles. The maximum Gasteiger partial charge on any atom is 0.342 e. The molecule has 3 N–H and O–H groups in total. The highest BCUT2D eigenvalue weighted by Crippen LogP contribution is 2.39. The molecule has 1 saturated carbocycles. The predicted octanol–water partition coefficient (Wildman–Crippen LogP) is 5.90. The number of aromatic hydroxyl groups is 1. The van der Waals surface area contributed by atoms with Crippen LogP contribution in [0.25, 0.3) is 11.3 Å². The van der Waals surface area contributed by atoms with Gasteiger partial charge in [-0.2, -0.15) is 9.78 Å². The van der Waals surface area contributed by atoms with Gasteiger partial charge in [0.1, 0.15) is 5.75 Å². The Kier molecular flexibility index (Phi) is 6.37. The Morgan fingerprint density at radius 1 is 1.11 bits per heavy atom. The van der Waals surface area contributed by atoms with Crippen LogP contribution < -0.4 is 10.6 Å². The second kappa shape index (κ2) is 9.76. The number of rotatable bonds is 6. The first-order chi connectivity index (χ1) is 17.0. The van der Waals surface area contributed by atoms with E-state index in [0.29, 0.717) is 28.4 Å². The van der Waals surface area contributed by atoms with Gasteiger partial charge in [0.15, 0.2) is 0 Å². The summed E-state index contributed by atoms with van der Waals surface area (Å²) in [6.07, 6.45) is 3.12. The van der Waals surface area contributed by atoms with Gasteiger partial charge in [0.2, 0.25) is 0 Å². The summed E-state index contributed by atoms with van der Waals surface area (Å²) in [7, 11) is 0. The van der Waals surface area contributed by atoms with Crippen LogP contribution in [0, 0.1) is 6.92 Å². The number of thiophene rings is 1. The van der Waals surface area contributed by atoms with Crippen LogP contribution in [0.4, 0.5) is 10.5 Å². The zero-order valence-corrected chi connectivity index (χ0v) is 20.1. The van der Waals surface area contributed by atoms with Gasteiger partial charge in [0.25, 0.3) is 5.91 Å². The van der Waals surface area contributed by atoms with E-state index in [1.165, 1.54) is 22.1 Å². The Labute approximate surface area is 207 Å². The molecule has 0 atom stereocenters. The quantitative estimate of drug-likeness (QED) is 0.296. The van der Waals surface area contributed by atoms with Gasteiger partial charge in [0, 0.05) is 23.7 Å². The number of nitrogens with one attached hydrogen (secondary N) is 2. The number of nitrogens with zero attached hydrogens (tertiary/aromatic N) is 2. The fourth-order valence-corrected chi connectivity index (χ4v) is 4.80. The number of hydrogen-bond acceptors (Lipinski definition) is 5. The van der Waals surface area contributed by atoms with Gasteiger partial charge in [-0.25, -0.2) is 4.79 Å². The molecule has 0 bridgehead atoms. The summed E-state index contributed by atoms with van der Waals surface area (Å²) in [5.74, 6) is 0.0711. The topological polar surface area (TPSA) is 96.3 Å². The molecule has 35 heavy (non-hydrogen) atoms. The molecule has 5 rings (SSSR count). The first kappa shape index (κ1) is 22.9. The Hall–Kier alpha value is -3.91. The molecule has 0 radical (unpaired) electrons. The van der Waals surface area contributed by atoms with Crippen molar-refractivity contribution in [3.05, 3.63) is 87.7 Å². The molecular weight excluding hydrogens is 460 g/mol. The lowest BCUT2D eigenvalue weighted by molar-refractivity contribution is 0.103. The number of phenolic OH excluding ortho intramolecular Hbond substituents is 1. The summed E-state index contributed by atoms with van der Waals surface area (Å²) in [6.45, 7) is 2.42. The van der Waals surface area contributed by atoms with Crippen molar-refractivity contribution < 1.29 is 14.7 Å². The number of amides is 2. The lowest BCUT2D eigenvalue weighted by Crippen LogP contribution is -2.31. The van der Waals surface area contributed by atoms with Gasteiger partial charge in [-0.15, -0.1) is 11.3 Å². The van der Waals surface area contributed by atoms with Gasteiger partial charge in [-0.1, -0.05) is 42.3 Å². The minimum absolute atomic E-state index is 0.0316. The molecule has 0 saturated heterocycles. The van der Waals surface area contributed by atoms with Crippen molar-refractivity contribution >= 4 is 29.0 Å². The molecule has 2 heterocycles. The highest BCUT2D eigenvalue weighted by molar-refractivity contribution is 7.12. The number of aromatic nitrogens is 2. The Bertz CT molecular complexity index is 1370. The van der Waals surface area contributed by atoms with E-state index in [4.69, 9.17) is 0 Å². The third kappa shape index (κ3) is 4.97. The second-order valence-corrected chi connectivity index (χ2v) is 9.75. The van der Waals surface area contributed by atoms with E-state index >= 15 is 0 Å². The van der Waals surface area contributed by atoms with Crippen molar-refractivity contribution in [2.24, 2.45) is 0 Å². The summed E-state index contributed by atoms with van der Waals surface area (Å²) in [4.78, 5) is 26.2. The number of phenols is 1. The van der Waals surface area contributed by atoms with Gasteiger partial charge >= 0.3 is 6.03 Å². The number of aryl methyl sites for hydroxylation is 1. The highest BCUT2D eigenvalue weighted by Gasteiger charge is 2.27. The van der Waals surface area contributed by atoms with Crippen LogP contribution in [0.1, 0.15) is 51.7 Å². The van der Waals surface area contributed by atoms with Crippen LogP contribution >= 0.6 is 11.3 Å². The lowest BCUT2D eigenvalue weighted by atomic mass is 9.82. The van der Waals surface area contributed by atoms with Crippen LogP contribution in [0.15, 0.2) is 66.0 Å². The molecule has 1 aliphatic carbocycles. The normalized spacial score (nSPS) is 13.3. The third-order valence-electron chi connectivity index (χ3n) is 6.25. The van der Waals surface area contributed by atoms with Crippen LogP contribution in [0.5, 0.6) is 5.75 Å². The molecular formula is C27H26N4O3S. The molecule has 1 fully saturated rings. The Balaban J connectivity index is 1.41. The average molecular weight is 487 g/mol. The van der Waals surface area contributed by atoms with Crippen molar-refractivity contribution in [2.75, 3.05) is 5.32 Å². The molecule has 2 aromatic carbocycles. The minimum atomic E-state index is -0.304. The maximum absolute atomic E-state index is 13.1. The molecule has 8 heteroatoms. The fraction of sp³-hybridized carbons (Fsp3) is 0.222. The van der Waals surface area contributed by atoms with E-state index in [2.05, 4.69) is 15.7 Å². The Morgan fingerprint density at radius 2 is 1.97 bits per heavy atom. The van der Waals surface area contributed by atoms with E-state index in [9.17, 15) is 14.7 Å². The van der Waals surface area contributed by atoms with Crippen molar-refractivity contribution in [1.82, 2.24) is 15.1 Å². The van der Waals surface area contributed by atoms with Crippen LogP contribution in [0.2, 0.25) is 0 Å². The van der Waals surface area contributed by atoms with Crippen LogP contribution in [-0.4, -0.2) is 26.8 Å². The van der Waals surface area contributed by atoms with Crippen LogP contribution in [-0.2, 0) is 6.54 Å². The first-order valence-corrected chi connectivity index (χ1v) is 12.5. The van der Waals surface area contributed by atoms with E-state index in [0.717, 1.165) is 36.1 Å². The average Bonchev–Trinajstić information content (AvgIpc) is 3.49. The molecule has 2 amide bonds. The van der Waals surface area contributed by atoms with Crippen molar-refractivity contribution in [3.63, 3.8) is 0 Å². The predicted molar refractivity (Wildman–Crippen MR) is 137 cm³/mol. The largest absolute Gasteiger partial charge is 0.507 e. The number of anilines is 1. The first-order valence-electron chi connectivity index (χ1n) is 11.6. The molecule has 0 aliphatic heterocycles. The monoisotopic (exact) mass is 486 g/mol. The fourth-order valence-electron chi connectivity index (χ4n) is 4.18. The smallest absolute Gasteiger partial charge is 0.342 e. The molecule has 0 unspecified atom stereocenters. The summed E-state index contributed by atoms with van der Waals surface area (Å²) < 4.78 is 1.42. The minimum Gasteiger partial charge on any atom is -0.507 e. The van der Waals surface area contributed by atoms with Crippen molar-refractivity contribution in [1.29, 1.82) is 0 Å². The maximum atomic E-state index is 13.1. The van der Waals surface area contributed by atoms with Crippen molar-refractivity contribution in [2.45, 2.75) is 38.6 Å². The summed E-state index contributed by atoms with van der Waals surface area (Å²) in [5, 5.41) is 22.8. The zero-order valence-electron chi connectivity index (χ0n) is 19.3. The highest BCUT2D eigenvalue weighted by atomic mass is 32.1. The molecule has 0 spiro atoms. The van der Waals surface area contributed by atoms with E-state index in [-0.39, 0.29) is 23.6 Å². The lowest BCUT2D eigenvalue weighted by Gasteiger charge is -2.25. The number of hydrogen-bond donors (Lipinski definition) is 3. The van der Waals surface area contributed by atoms with E-state index < -0.39 is 0 Å². The zero-order chi connectivity index (χ0) is 24.4. The van der Waals surface area contributed by atoms with E-state index in [1.807, 2.05) is 48.7 Å². The number of benzene rings is 2. The number of carbonyl (C=O) groups is 2. The molecule has 4 aromatic rings. The molecule has 1 aliphatic rings. The molecule has 7 nitrogen and oxygen atoms in total. The van der Waals surface area contributed by atoms with Gasteiger partial charge in [-0.05, 0) is 61.0 Å². The molecule has 178 valence electrons.